The predicted molar refractivity (Wildman–Crippen MR) is 94.4 cm³/mol. The normalized spacial score (nSPS) is 17.3. The maximum atomic E-state index is 12.8. The highest BCUT2D eigenvalue weighted by Gasteiger charge is 2.37. The molecule has 24 heavy (non-hydrogen) atoms. The predicted octanol–water partition coefficient (Wildman–Crippen LogP) is 4.06. The summed E-state index contributed by atoms with van der Waals surface area (Å²) in [5, 5.41) is 0.381. The maximum Gasteiger partial charge on any atom is 0.174 e. The summed E-state index contributed by atoms with van der Waals surface area (Å²) in [6.45, 7) is 5.91. The molecule has 122 valence electrons. The Balaban J connectivity index is 1.93. The van der Waals surface area contributed by atoms with E-state index in [9.17, 15) is 9.59 Å². The first-order valence-electron chi connectivity index (χ1n) is 7.84. The molecule has 0 saturated heterocycles. The summed E-state index contributed by atoms with van der Waals surface area (Å²) in [6, 6.07) is 9.31. The number of ketones is 2. The minimum atomic E-state index is -0.722. The molecule has 1 unspecified atom stereocenters. The van der Waals surface area contributed by atoms with Crippen molar-refractivity contribution in [3.63, 3.8) is 0 Å². The van der Waals surface area contributed by atoms with Crippen molar-refractivity contribution in [1.29, 1.82) is 0 Å². The van der Waals surface area contributed by atoms with Gasteiger partial charge in [-0.15, -0.1) is 0 Å². The van der Waals surface area contributed by atoms with Crippen molar-refractivity contribution in [1.82, 2.24) is 4.98 Å². The fraction of sp³-hybridized carbons (Fsp3) is 0.250. The van der Waals surface area contributed by atoms with Crippen LogP contribution in [-0.4, -0.2) is 16.6 Å². The summed E-state index contributed by atoms with van der Waals surface area (Å²) >= 11 is 5.89. The van der Waals surface area contributed by atoms with Crippen LogP contribution in [0.5, 0.6) is 0 Å². The van der Waals surface area contributed by atoms with Gasteiger partial charge in [-0.2, -0.15) is 0 Å². The summed E-state index contributed by atoms with van der Waals surface area (Å²) in [7, 11) is 0. The van der Waals surface area contributed by atoms with E-state index in [-0.39, 0.29) is 11.6 Å². The van der Waals surface area contributed by atoms with E-state index in [0.717, 1.165) is 22.3 Å². The second-order valence-corrected chi connectivity index (χ2v) is 6.70. The second-order valence-electron chi connectivity index (χ2n) is 6.31. The maximum absolute atomic E-state index is 12.8. The molecule has 1 aromatic carbocycles. The largest absolute Gasteiger partial charge is 0.294 e. The fourth-order valence-electron chi connectivity index (χ4n) is 3.44. The molecule has 0 radical (unpaired) electrons. The molecule has 3 nitrogen and oxygen atoms in total. The molecule has 1 atom stereocenters. The van der Waals surface area contributed by atoms with E-state index in [1.807, 2.05) is 32.9 Å². The van der Waals surface area contributed by atoms with Crippen LogP contribution in [-0.2, 0) is 16.0 Å². The van der Waals surface area contributed by atoms with Crippen LogP contribution in [0.2, 0.25) is 5.15 Å². The number of hydrogen-bond donors (Lipinski definition) is 0. The summed E-state index contributed by atoms with van der Waals surface area (Å²) in [4.78, 5) is 29.5. The summed E-state index contributed by atoms with van der Waals surface area (Å²) in [6.07, 6.45) is 1.79. The molecule has 0 N–H and O–H groups in total. The first kappa shape index (κ1) is 16.6. The molecule has 0 bridgehead atoms. The number of hydrogen-bond acceptors (Lipinski definition) is 3. The first-order chi connectivity index (χ1) is 11.4. The minimum absolute atomic E-state index is 0.128. The van der Waals surface area contributed by atoms with Crippen LogP contribution in [0.4, 0.5) is 0 Å². The van der Waals surface area contributed by atoms with Crippen LogP contribution < -0.4 is 0 Å². The van der Waals surface area contributed by atoms with Gasteiger partial charge in [0, 0.05) is 17.7 Å². The van der Waals surface area contributed by atoms with E-state index in [4.69, 9.17) is 11.6 Å². The van der Waals surface area contributed by atoms with E-state index in [1.165, 1.54) is 6.08 Å². The molecule has 0 aliphatic heterocycles. The Morgan fingerprint density at radius 3 is 2.38 bits per heavy atom. The molecule has 0 amide bonds. The van der Waals surface area contributed by atoms with Gasteiger partial charge >= 0.3 is 0 Å². The van der Waals surface area contributed by atoms with Gasteiger partial charge in [0.1, 0.15) is 11.1 Å². The van der Waals surface area contributed by atoms with Crippen molar-refractivity contribution < 1.29 is 9.59 Å². The Hall–Kier alpha value is -2.26. The lowest BCUT2D eigenvalue weighted by atomic mass is 9.85. The number of aromatic nitrogens is 1. The molecule has 3 rings (SSSR count). The fourth-order valence-corrected chi connectivity index (χ4v) is 3.62. The summed E-state index contributed by atoms with van der Waals surface area (Å²) < 4.78 is 0. The Kier molecular flexibility index (Phi) is 4.37. The molecule has 1 aromatic heterocycles. The van der Waals surface area contributed by atoms with Gasteiger partial charge in [0.05, 0.1) is 0 Å². The van der Waals surface area contributed by atoms with Crippen molar-refractivity contribution >= 4 is 23.2 Å². The van der Waals surface area contributed by atoms with E-state index >= 15 is 0 Å². The Morgan fingerprint density at radius 1 is 1.08 bits per heavy atom. The minimum Gasteiger partial charge on any atom is -0.294 e. The number of carbonyl (C=O) groups excluding carboxylic acids is 2. The van der Waals surface area contributed by atoms with Gasteiger partial charge in [-0.1, -0.05) is 35.4 Å². The standard InChI is InChI=1S/C20H18ClNO2/c1-11-7-12(2)18(13(3)8-11)19-16(23)10-14(20(19)24)9-15-5-4-6-17(21)22-15/h4-8,10,19H,9H2,1-3H3. The quantitative estimate of drug-likeness (QED) is 0.625. The van der Waals surface area contributed by atoms with Crippen LogP contribution in [0.15, 0.2) is 42.0 Å². The molecule has 1 aliphatic rings. The van der Waals surface area contributed by atoms with Gasteiger partial charge in [-0.25, -0.2) is 4.98 Å². The second kappa shape index (κ2) is 6.33. The number of allylic oxidation sites excluding steroid dienone is 2. The zero-order valence-electron chi connectivity index (χ0n) is 13.9. The molecule has 0 spiro atoms. The molecule has 0 saturated carbocycles. The van der Waals surface area contributed by atoms with Crippen molar-refractivity contribution in [2.24, 2.45) is 0 Å². The Bertz CT molecular complexity index is 860. The number of pyridine rings is 1. The molecular formula is C20H18ClNO2. The third kappa shape index (κ3) is 3.04. The molecular weight excluding hydrogens is 322 g/mol. The molecule has 2 aromatic rings. The number of aryl methyl sites for hydroxylation is 3. The molecule has 1 aliphatic carbocycles. The number of benzene rings is 1. The molecule has 1 heterocycles. The van der Waals surface area contributed by atoms with Gasteiger partial charge < -0.3 is 0 Å². The van der Waals surface area contributed by atoms with Crippen LogP contribution in [0.25, 0.3) is 0 Å². The van der Waals surface area contributed by atoms with Crippen LogP contribution >= 0.6 is 11.6 Å². The van der Waals surface area contributed by atoms with Crippen LogP contribution in [0.1, 0.15) is 33.9 Å². The average Bonchev–Trinajstić information content (AvgIpc) is 2.74. The highest BCUT2D eigenvalue weighted by molar-refractivity contribution is 6.29. The van der Waals surface area contributed by atoms with Gasteiger partial charge in [0.15, 0.2) is 11.6 Å². The van der Waals surface area contributed by atoms with Crippen LogP contribution in [0, 0.1) is 20.8 Å². The number of Topliss-reactive ketones (excluding diaryl/α,β-unsaturated/α-hetero) is 1. The van der Waals surface area contributed by atoms with Crippen LogP contribution in [0.3, 0.4) is 0 Å². The number of halogens is 1. The van der Waals surface area contributed by atoms with Gasteiger partial charge in [-0.3, -0.25) is 9.59 Å². The first-order valence-corrected chi connectivity index (χ1v) is 8.22. The third-order valence-electron chi connectivity index (χ3n) is 4.35. The van der Waals surface area contributed by atoms with Gasteiger partial charge in [0.25, 0.3) is 0 Å². The van der Waals surface area contributed by atoms with Crippen molar-refractivity contribution in [3.8, 4) is 0 Å². The van der Waals surface area contributed by atoms with E-state index in [2.05, 4.69) is 4.98 Å². The van der Waals surface area contributed by atoms with Crippen molar-refractivity contribution in [3.05, 3.63) is 75.1 Å². The smallest absolute Gasteiger partial charge is 0.174 e. The zero-order valence-corrected chi connectivity index (χ0v) is 14.6. The van der Waals surface area contributed by atoms with Gasteiger partial charge in [0.2, 0.25) is 0 Å². The highest BCUT2D eigenvalue weighted by Crippen LogP contribution is 2.34. The zero-order chi connectivity index (χ0) is 17.4. The van der Waals surface area contributed by atoms with Crippen molar-refractivity contribution in [2.45, 2.75) is 33.1 Å². The monoisotopic (exact) mass is 339 g/mol. The average molecular weight is 340 g/mol. The Morgan fingerprint density at radius 2 is 1.75 bits per heavy atom. The van der Waals surface area contributed by atoms with E-state index in [1.54, 1.807) is 18.2 Å². The highest BCUT2D eigenvalue weighted by atomic mass is 35.5. The number of carbonyl (C=O) groups is 2. The van der Waals surface area contributed by atoms with Crippen molar-refractivity contribution in [2.75, 3.05) is 0 Å². The third-order valence-corrected chi connectivity index (χ3v) is 4.56. The molecule has 0 fully saturated rings. The number of nitrogens with zero attached hydrogens (tertiary/aromatic N) is 1. The molecule has 4 heteroatoms. The van der Waals surface area contributed by atoms with E-state index < -0.39 is 5.92 Å². The summed E-state index contributed by atoms with van der Waals surface area (Å²) in [5.74, 6) is -0.997. The van der Waals surface area contributed by atoms with Gasteiger partial charge in [-0.05, 0) is 55.7 Å². The lowest BCUT2D eigenvalue weighted by Gasteiger charge is -2.16. The van der Waals surface area contributed by atoms with E-state index in [0.29, 0.717) is 22.8 Å². The topological polar surface area (TPSA) is 47.0 Å². The lowest BCUT2D eigenvalue weighted by Crippen LogP contribution is -2.18. The Labute approximate surface area is 146 Å². The summed E-state index contributed by atoms with van der Waals surface area (Å²) in [5.41, 5.74) is 5.11. The lowest BCUT2D eigenvalue weighted by molar-refractivity contribution is -0.122. The SMILES string of the molecule is Cc1cc(C)c(C2C(=O)C=C(Cc3cccc(Cl)n3)C2=O)c(C)c1. The number of rotatable bonds is 3.